The number of hydrogen-bond acceptors (Lipinski definition) is 4. The Balaban J connectivity index is 1.98. The van der Waals surface area contributed by atoms with Crippen molar-refractivity contribution < 1.29 is 9.90 Å². The normalized spacial score (nSPS) is 24.3. The van der Waals surface area contributed by atoms with Crippen molar-refractivity contribution in [1.82, 2.24) is 15.2 Å². The van der Waals surface area contributed by atoms with E-state index in [0.717, 1.165) is 19.6 Å². The fourth-order valence-electron chi connectivity index (χ4n) is 2.52. The minimum atomic E-state index is -0.720. The minimum Gasteiger partial charge on any atom is -0.481 e. The molecule has 0 amide bonds. The third-order valence-corrected chi connectivity index (χ3v) is 3.55. The van der Waals surface area contributed by atoms with Crippen LogP contribution < -0.4 is 5.32 Å². The van der Waals surface area contributed by atoms with Crippen LogP contribution >= 0.6 is 0 Å². The van der Waals surface area contributed by atoms with E-state index >= 15 is 0 Å². The van der Waals surface area contributed by atoms with Gasteiger partial charge in [-0.25, -0.2) is 0 Å². The van der Waals surface area contributed by atoms with Gasteiger partial charge >= 0.3 is 5.97 Å². The Kier molecular flexibility index (Phi) is 4.87. The zero-order chi connectivity index (χ0) is 13.7. The predicted molar refractivity (Wildman–Crippen MR) is 72.8 cm³/mol. The van der Waals surface area contributed by atoms with Gasteiger partial charge in [0.25, 0.3) is 0 Å². The third kappa shape index (κ3) is 4.29. The lowest BCUT2D eigenvalue weighted by atomic mass is 10.0. The molecule has 2 N–H and O–H groups in total. The summed E-state index contributed by atoms with van der Waals surface area (Å²) < 4.78 is 0. The summed E-state index contributed by atoms with van der Waals surface area (Å²) in [6.45, 7) is 4.83. The fraction of sp³-hybridized carbons (Fsp3) is 0.571. The molecule has 0 spiro atoms. The van der Waals surface area contributed by atoms with Gasteiger partial charge in [0.1, 0.15) is 0 Å². The maximum absolute atomic E-state index is 10.7. The standard InChI is InChI=1S/C14H21N3O2/c1-11-9-17(10-12-4-6-15-7-5-12)13(8-16-11)2-3-14(18)19/h4-7,11,13,16H,2-3,8-10H2,1H3,(H,18,19). The average molecular weight is 263 g/mol. The van der Waals surface area contributed by atoms with E-state index < -0.39 is 5.97 Å². The number of rotatable bonds is 5. The molecule has 5 heteroatoms. The van der Waals surface area contributed by atoms with Crippen molar-refractivity contribution in [2.45, 2.75) is 38.4 Å². The molecule has 2 unspecified atom stereocenters. The van der Waals surface area contributed by atoms with E-state index in [1.165, 1.54) is 5.56 Å². The van der Waals surface area contributed by atoms with Gasteiger partial charge in [0.2, 0.25) is 0 Å². The van der Waals surface area contributed by atoms with Crippen LogP contribution in [0.1, 0.15) is 25.3 Å². The molecule has 0 aliphatic carbocycles. The van der Waals surface area contributed by atoms with E-state index in [9.17, 15) is 4.79 Å². The summed E-state index contributed by atoms with van der Waals surface area (Å²) in [6.07, 6.45) is 4.52. The number of piperazine rings is 1. The van der Waals surface area contributed by atoms with Crippen molar-refractivity contribution in [3.63, 3.8) is 0 Å². The number of nitrogens with one attached hydrogen (secondary N) is 1. The highest BCUT2D eigenvalue weighted by Gasteiger charge is 2.26. The molecule has 19 heavy (non-hydrogen) atoms. The number of carbonyl (C=O) groups is 1. The summed E-state index contributed by atoms with van der Waals surface area (Å²) in [5.74, 6) is -0.720. The molecule has 2 rings (SSSR count). The van der Waals surface area contributed by atoms with E-state index in [0.29, 0.717) is 18.5 Å². The van der Waals surface area contributed by atoms with Crippen molar-refractivity contribution in [3.05, 3.63) is 30.1 Å². The average Bonchev–Trinajstić information content (AvgIpc) is 2.39. The van der Waals surface area contributed by atoms with Gasteiger partial charge in [0, 0.05) is 50.5 Å². The summed E-state index contributed by atoms with van der Waals surface area (Å²) in [7, 11) is 0. The first-order valence-electron chi connectivity index (χ1n) is 6.73. The van der Waals surface area contributed by atoms with Crippen LogP contribution in [0.25, 0.3) is 0 Å². The van der Waals surface area contributed by atoms with Gasteiger partial charge in [0.15, 0.2) is 0 Å². The summed E-state index contributed by atoms with van der Waals surface area (Å²) in [4.78, 5) is 17.1. The number of pyridine rings is 1. The molecule has 2 heterocycles. The summed E-state index contributed by atoms with van der Waals surface area (Å²) >= 11 is 0. The lowest BCUT2D eigenvalue weighted by Crippen LogP contribution is -2.55. The Labute approximate surface area is 113 Å². The van der Waals surface area contributed by atoms with Crippen LogP contribution in [-0.2, 0) is 11.3 Å². The Morgan fingerprint density at radius 2 is 2.26 bits per heavy atom. The molecule has 0 saturated carbocycles. The molecule has 5 nitrogen and oxygen atoms in total. The number of aromatic nitrogens is 1. The van der Waals surface area contributed by atoms with E-state index in [4.69, 9.17) is 5.11 Å². The second-order valence-electron chi connectivity index (χ2n) is 5.18. The van der Waals surface area contributed by atoms with Crippen LogP contribution in [0.3, 0.4) is 0 Å². The Bertz CT molecular complexity index is 410. The van der Waals surface area contributed by atoms with E-state index in [1.807, 2.05) is 12.1 Å². The smallest absolute Gasteiger partial charge is 0.303 e. The highest BCUT2D eigenvalue weighted by molar-refractivity contribution is 5.66. The molecule has 1 aliphatic rings. The van der Waals surface area contributed by atoms with Crippen LogP contribution in [0.5, 0.6) is 0 Å². The molecule has 0 aromatic carbocycles. The van der Waals surface area contributed by atoms with Crippen molar-refractivity contribution >= 4 is 5.97 Å². The first-order valence-corrected chi connectivity index (χ1v) is 6.73. The largest absolute Gasteiger partial charge is 0.481 e. The number of nitrogens with zero attached hydrogens (tertiary/aromatic N) is 2. The van der Waals surface area contributed by atoms with Crippen LogP contribution in [-0.4, -0.2) is 46.1 Å². The Morgan fingerprint density at radius 3 is 2.95 bits per heavy atom. The van der Waals surface area contributed by atoms with Gasteiger partial charge in [-0.15, -0.1) is 0 Å². The molecule has 0 radical (unpaired) electrons. The molecule has 2 atom stereocenters. The van der Waals surface area contributed by atoms with Gasteiger partial charge in [-0.3, -0.25) is 14.7 Å². The van der Waals surface area contributed by atoms with Crippen LogP contribution in [0.4, 0.5) is 0 Å². The van der Waals surface area contributed by atoms with Crippen molar-refractivity contribution in [3.8, 4) is 0 Å². The molecular weight excluding hydrogens is 242 g/mol. The van der Waals surface area contributed by atoms with Gasteiger partial charge in [-0.2, -0.15) is 0 Å². The van der Waals surface area contributed by atoms with E-state index in [2.05, 4.69) is 22.1 Å². The first kappa shape index (κ1) is 14.0. The Hall–Kier alpha value is -1.46. The Morgan fingerprint density at radius 1 is 1.53 bits per heavy atom. The summed E-state index contributed by atoms with van der Waals surface area (Å²) in [5.41, 5.74) is 1.23. The second-order valence-corrected chi connectivity index (χ2v) is 5.18. The number of aliphatic carboxylic acids is 1. The van der Waals surface area contributed by atoms with Crippen molar-refractivity contribution in [1.29, 1.82) is 0 Å². The molecule has 0 bridgehead atoms. The fourth-order valence-corrected chi connectivity index (χ4v) is 2.52. The quantitative estimate of drug-likeness (QED) is 0.833. The SMILES string of the molecule is CC1CN(Cc2ccncc2)C(CCC(=O)O)CN1. The van der Waals surface area contributed by atoms with Crippen LogP contribution in [0, 0.1) is 0 Å². The van der Waals surface area contributed by atoms with Crippen LogP contribution in [0.15, 0.2) is 24.5 Å². The number of carboxylic acid groups (broad SMARTS) is 1. The third-order valence-electron chi connectivity index (χ3n) is 3.55. The monoisotopic (exact) mass is 263 g/mol. The number of hydrogen-bond donors (Lipinski definition) is 2. The zero-order valence-electron chi connectivity index (χ0n) is 11.2. The highest BCUT2D eigenvalue weighted by atomic mass is 16.4. The molecule has 1 fully saturated rings. The van der Waals surface area contributed by atoms with E-state index in [-0.39, 0.29) is 6.42 Å². The molecule has 1 aliphatic heterocycles. The zero-order valence-corrected chi connectivity index (χ0v) is 11.2. The lowest BCUT2D eigenvalue weighted by molar-refractivity contribution is -0.137. The van der Waals surface area contributed by atoms with Gasteiger partial charge in [-0.05, 0) is 31.0 Å². The first-order chi connectivity index (χ1) is 9.15. The topological polar surface area (TPSA) is 65.5 Å². The van der Waals surface area contributed by atoms with Crippen LogP contribution in [0.2, 0.25) is 0 Å². The molecule has 1 saturated heterocycles. The van der Waals surface area contributed by atoms with Gasteiger partial charge < -0.3 is 10.4 Å². The van der Waals surface area contributed by atoms with Gasteiger partial charge in [-0.1, -0.05) is 0 Å². The maximum atomic E-state index is 10.7. The summed E-state index contributed by atoms with van der Waals surface area (Å²) in [6, 6.07) is 4.77. The number of carboxylic acids is 1. The van der Waals surface area contributed by atoms with Crippen molar-refractivity contribution in [2.75, 3.05) is 13.1 Å². The lowest BCUT2D eigenvalue weighted by Gasteiger charge is -2.39. The predicted octanol–water partition coefficient (Wildman–Crippen LogP) is 1.11. The summed E-state index contributed by atoms with van der Waals surface area (Å²) in [5, 5.41) is 12.2. The minimum absolute atomic E-state index is 0.230. The van der Waals surface area contributed by atoms with Gasteiger partial charge in [0.05, 0.1) is 0 Å². The van der Waals surface area contributed by atoms with Crippen molar-refractivity contribution in [2.24, 2.45) is 0 Å². The second kappa shape index (κ2) is 6.63. The molecular formula is C14H21N3O2. The highest BCUT2D eigenvalue weighted by Crippen LogP contribution is 2.15. The van der Waals surface area contributed by atoms with E-state index in [1.54, 1.807) is 12.4 Å². The molecule has 104 valence electrons. The molecule has 1 aromatic rings. The maximum Gasteiger partial charge on any atom is 0.303 e. The molecule has 1 aromatic heterocycles.